The molecule has 21 heavy (non-hydrogen) atoms. The van der Waals surface area contributed by atoms with Crippen LogP contribution < -0.4 is 0 Å². The lowest BCUT2D eigenvalue weighted by Gasteiger charge is -2.52. The molecule has 1 aliphatic heterocycles. The number of ether oxygens (including phenoxy) is 2. The highest BCUT2D eigenvalue weighted by molar-refractivity contribution is 5.91. The van der Waals surface area contributed by atoms with Gasteiger partial charge in [0, 0.05) is 36.2 Å². The molecule has 4 heteroatoms. The summed E-state index contributed by atoms with van der Waals surface area (Å²) in [5, 5.41) is 0. The van der Waals surface area contributed by atoms with Crippen molar-refractivity contribution in [2.45, 2.75) is 52.2 Å². The first-order valence-electron chi connectivity index (χ1n) is 7.58. The molecular formula is C17H22O4. The third kappa shape index (κ3) is 2.03. The molecule has 2 aliphatic carbocycles. The van der Waals surface area contributed by atoms with Gasteiger partial charge in [-0.25, -0.2) is 4.79 Å². The van der Waals surface area contributed by atoms with Crippen molar-refractivity contribution in [3.05, 3.63) is 23.8 Å². The number of carbonyl (C=O) groups excluding carboxylic acids is 2. The number of esters is 2. The van der Waals surface area contributed by atoms with Crippen LogP contribution in [0.4, 0.5) is 0 Å². The molecule has 0 radical (unpaired) electrons. The molecule has 0 bridgehead atoms. The molecule has 1 saturated carbocycles. The smallest absolute Gasteiger partial charge is 0.334 e. The van der Waals surface area contributed by atoms with Gasteiger partial charge in [-0.15, -0.1) is 0 Å². The van der Waals surface area contributed by atoms with E-state index in [1.165, 1.54) is 12.5 Å². The Morgan fingerprint density at radius 1 is 1.52 bits per heavy atom. The van der Waals surface area contributed by atoms with Crippen molar-refractivity contribution in [3.8, 4) is 0 Å². The third-order valence-corrected chi connectivity index (χ3v) is 5.57. The van der Waals surface area contributed by atoms with E-state index in [2.05, 4.69) is 26.5 Å². The van der Waals surface area contributed by atoms with Crippen molar-refractivity contribution >= 4 is 11.9 Å². The molecule has 1 saturated heterocycles. The minimum atomic E-state index is -0.267. The van der Waals surface area contributed by atoms with Gasteiger partial charge in [-0.1, -0.05) is 25.2 Å². The SMILES string of the molecule is C=C1C(=O)O[C@@H]2[C@H]3C(C)=CC[C@H](OC(C)=O)[C@]3(C)CC[C@@H]12. The highest BCUT2D eigenvalue weighted by atomic mass is 16.6. The van der Waals surface area contributed by atoms with E-state index in [0.717, 1.165) is 19.3 Å². The minimum absolute atomic E-state index is 0.106. The number of fused-ring (bicyclic) bond motifs is 3. The summed E-state index contributed by atoms with van der Waals surface area (Å²) >= 11 is 0. The largest absolute Gasteiger partial charge is 0.462 e. The predicted octanol–water partition coefficient (Wildman–Crippen LogP) is 2.78. The van der Waals surface area contributed by atoms with Gasteiger partial charge in [-0.05, 0) is 19.8 Å². The summed E-state index contributed by atoms with van der Waals surface area (Å²) in [5.74, 6) is -0.299. The maximum absolute atomic E-state index is 11.9. The molecule has 0 unspecified atom stereocenters. The van der Waals surface area contributed by atoms with Gasteiger partial charge >= 0.3 is 11.9 Å². The fourth-order valence-corrected chi connectivity index (χ4v) is 4.48. The van der Waals surface area contributed by atoms with Crippen LogP contribution in [0.5, 0.6) is 0 Å². The van der Waals surface area contributed by atoms with E-state index in [1.54, 1.807) is 0 Å². The molecule has 4 nitrogen and oxygen atoms in total. The monoisotopic (exact) mass is 290 g/mol. The molecule has 0 amide bonds. The van der Waals surface area contributed by atoms with Gasteiger partial charge in [0.05, 0.1) is 0 Å². The van der Waals surface area contributed by atoms with Gasteiger partial charge in [0.1, 0.15) is 12.2 Å². The first-order chi connectivity index (χ1) is 9.84. The van der Waals surface area contributed by atoms with Crippen LogP contribution in [0.2, 0.25) is 0 Å². The summed E-state index contributed by atoms with van der Waals surface area (Å²) in [7, 11) is 0. The Morgan fingerprint density at radius 2 is 2.24 bits per heavy atom. The van der Waals surface area contributed by atoms with Crippen molar-refractivity contribution in [1.82, 2.24) is 0 Å². The Kier molecular flexibility index (Phi) is 3.23. The van der Waals surface area contributed by atoms with E-state index in [1.807, 2.05) is 0 Å². The van der Waals surface area contributed by atoms with Crippen molar-refractivity contribution in [2.75, 3.05) is 0 Å². The molecule has 3 rings (SSSR count). The van der Waals surface area contributed by atoms with Crippen molar-refractivity contribution < 1.29 is 19.1 Å². The number of carbonyl (C=O) groups is 2. The fraction of sp³-hybridized carbons (Fsp3) is 0.647. The van der Waals surface area contributed by atoms with Crippen LogP contribution in [-0.4, -0.2) is 24.1 Å². The van der Waals surface area contributed by atoms with Crippen LogP contribution in [0, 0.1) is 17.3 Å². The summed E-state index contributed by atoms with van der Waals surface area (Å²) in [5.41, 5.74) is 1.67. The molecule has 1 heterocycles. The zero-order chi connectivity index (χ0) is 15.4. The topological polar surface area (TPSA) is 52.6 Å². The van der Waals surface area contributed by atoms with Crippen LogP contribution in [0.3, 0.4) is 0 Å². The molecular weight excluding hydrogens is 268 g/mol. The number of hydrogen-bond donors (Lipinski definition) is 0. The van der Waals surface area contributed by atoms with E-state index >= 15 is 0 Å². The van der Waals surface area contributed by atoms with E-state index in [9.17, 15) is 9.59 Å². The van der Waals surface area contributed by atoms with Crippen LogP contribution in [0.1, 0.15) is 40.0 Å². The maximum atomic E-state index is 11.9. The average Bonchev–Trinajstić information content (AvgIpc) is 2.68. The summed E-state index contributed by atoms with van der Waals surface area (Å²) in [6.07, 6.45) is 4.35. The van der Waals surface area contributed by atoms with Gasteiger partial charge in [0.2, 0.25) is 0 Å². The van der Waals surface area contributed by atoms with Gasteiger partial charge in [-0.2, -0.15) is 0 Å². The summed E-state index contributed by atoms with van der Waals surface area (Å²) in [4.78, 5) is 23.3. The second-order valence-electron chi connectivity index (χ2n) is 6.81. The maximum Gasteiger partial charge on any atom is 0.334 e. The molecule has 0 aromatic heterocycles. The molecule has 0 N–H and O–H groups in total. The van der Waals surface area contributed by atoms with Gasteiger partial charge < -0.3 is 9.47 Å². The molecule has 114 valence electrons. The zero-order valence-electron chi connectivity index (χ0n) is 12.8. The second kappa shape index (κ2) is 4.72. The first-order valence-corrected chi connectivity index (χ1v) is 7.58. The minimum Gasteiger partial charge on any atom is -0.462 e. The molecule has 3 aliphatic rings. The van der Waals surface area contributed by atoms with Crippen LogP contribution in [-0.2, 0) is 19.1 Å². The summed E-state index contributed by atoms with van der Waals surface area (Å²) < 4.78 is 11.2. The van der Waals surface area contributed by atoms with Gasteiger partial charge in [0.15, 0.2) is 0 Å². The first kappa shape index (κ1) is 14.4. The molecule has 2 fully saturated rings. The molecule has 5 atom stereocenters. The lowest BCUT2D eigenvalue weighted by Crippen LogP contribution is -2.53. The predicted molar refractivity (Wildman–Crippen MR) is 77.3 cm³/mol. The quantitative estimate of drug-likeness (QED) is 0.423. The Morgan fingerprint density at radius 3 is 2.90 bits per heavy atom. The summed E-state index contributed by atoms with van der Waals surface area (Å²) in [6.45, 7) is 9.59. The highest BCUT2D eigenvalue weighted by Crippen LogP contribution is 2.56. The number of hydrogen-bond acceptors (Lipinski definition) is 4. The van der Waals surface area contributed by atoms with E-state index < -0.39 is 0 Å². The van der Waals surface area contributed by atoms with E-state index in [0.29, 0.717) is 5.57 Å². The van der Waals surface area contributed by atoms with Crippen LogP contribution >= 0.6 is 0 Å². The van der Waals surface area contributed by atoms with E-state index in [-0.39, 0.29) is 41.4 Å². The third-order valence-electron chi connectivity index (χ3n) is 5.57. The lowest BCUT2D eigenvalue weighted by atomic mass is 9.55. The lowest BCUT2D eigenvalue weighted by molar-refractivity contribution is -0.167. The second-order valence-corrected chi connectivity index (χ2v) is 6.81. The zero-order valence-corrected chi connectivity index (χ0v) is 12.8. The average molecular weight is 290 g/mol. The molecule has 0 aromatic carbocycles. The number of rotatable bonds is 1. The van der Waals surface area contributed by atoms with Crippen molar-refractivity contribution in [2.24, 2.45) is 17.3 Å². The van der Waals surface area contributed by atoms with Crippen LogP contribution in [0.15, 0.2) is 23.8 Å². The molecule has 0 aromatic rings. The Labute approximate surface area is 125 Å². The highest BCUT2D eigenvalue weighted by Gasteiger charge is 2.58. The summed E-state index contributed by atoms with van der Waals surface area (Å²) in [6, 6.07) is 0. The van der Waals surface area contributed by atoms with Crippen LogP contribution in [0.25, 0.3) is 0 Å². The fourth-order valence-electron chi connectivity index (χ4n) is 4.48. The van der Waals surface area contributed by atoms with Crippen molar-refractivity contribution in [1.29, 1.82) is 0 Å². The van der Waals surface area contributed by atoms with Crippen molar-refractivity contribution in [3.63, 3.8) is 0 Å². The van der Waals surface area contributed by atoms with Gasteiger partial charge in [0.25, 0.3) is 0 Å². The van der Waals surface area contributed by atoms with Gasteiger partial charge in [-0.3, -0.25) is 4.79 Å². The van der Waals surface area contributed by atoms with E-state index in [4.69, 9.17) is 9.47 Å². The molecule has 0 spiro atoms. The standard InChI is InChI=1S/C17H22O4/c1-9-5-6-13(20-11(3)18)17(4)8-7-12-10(2)16(19)21-15(12)14(9)17/h5,12-15H,2,6-8H2,1,3-4H3/t12-,13-,14+,15-,17-/m0/s1. The Hall–Kier alpha value is -1.58. The Balaban J connectivity index is 1.98. The normalized spacial score (nSPS) is 41.8. The Bertz CT molecular complexity index is 547.